The third-order valence-electron chi connectivity index (χ3n) is 2.47. The number of hydrogen-bond acceptors (Lipinski definition) is 7. The molecule has 0 heterocycles. The number of aliphatic carboxylic acids is 1. The molecule has 21 heavy (non-hydrogen) atoms. The third-order valence-corrected chi connectivity index (χ3v) is 5.30. The van der Waals surface area contributed by atoms with E-state index in [2.05, 4.69) is 4.74 Å². The number of carbonyl (C=O) groups excluding carboxylic acids is 1. The first-order valence-electron chi connectivity index (χ1n) is 6.64. The maximum atomic E-state index is 10.5. The second-order valence-electron chi connectivity index (χ2n) is 3.89. The van der Waals surface area contributed by atoms with E-state index in [9.17, 15) is 9.59 Å². The van der Waals surface area contributed by atoms with Crippen molar-refractivity contribution in [2.24, 2.45) is 5.73 Å². The molecule has 0 spiro atoms. The number of carboxylic acid groups (broad SMARTS) is 1. The van der Waals surface area contributed by atoms with E-state index in [1.807, 2.05) is 0 Å². The minimum absolute atomic E-state index is 0.0385. The van der Waals surface area contributed by atoms with Gasteiger partial charge in [-0.2, -0.15) is 0 Å². The average Bonchev–Trinajstić information content (AvgIpc) is 2.48. The average molecular weight is 325 g/mol. The van der Waals surface area contributed by atoms with Crippen molar-refractivity contribution in [1.29, 1.82) is 0 Å². The molecule has 8 nitrogen and oxygen atoms in total. The first-order valence-corrected chi connectivity index (χ1v) is 8.57. The monoisotopic (exact) mass is 325 g/mol. The summed E-state index contributed by atoms with van der Waals surface area (Å²) >= 11 is 0. The summed E-state index contributed by atoms with van der Waals surface area (Å²) in [6, 6.07) is 0.785. The van der Waals surface area contributed by atoms with E-state index in [0.29, 0.717) is 13.2 Å². The van der Waals surface area contributed by atoms with Gasteiger partial charge in [-0.3, -0.25) is 9.59 Å². The largest absolute Gasteiger partial charge is 0.500 e. The van der Waals surface area contributed by atoms with Crippen LogP contribution in [0.1, 0.15) is 26.2 Å². The Morgan fingerprint density at radius 3 is 1.95 bits per heavy atom. The second-order valence-corrected chi connectivity index (χ2v) is 6.98. The van der Waals surface area contributed by atoms with Crippen molar-refractivity contribution in [1.82, 2.24) is 0 Å². The molecule has 126 valence electrons. The molecule has 0 aliphatic heterocycles. The summed E-state index contributed by atoms with van der Waals surface area (Å²) in [5.74, 6) is -1.43. The molecular weight excluding hydrogens is 298 g/mol. The van der Waals surface area contributed by atoms with Gasteiger partial charge in [0, 0.05) is 27.4 Å². The predicted octanol–water partition coefficient (Wildman–Crippen LogP) is 0.628. The molecule has 0 saturated heterocycles. The molecule has 0 amide bonds. The van der Waals surface area contributed by atoms with Crippen molar-refractivity contribution in [3.63, 3.8) is 0 Å². The molecule has 9 heteroatoms. The van der Waals surface area contributed by atoms with E-state index in [0.717, 1.165) is 12.5 Å². The zero-order chi connectivity index (χ0) is 16.7. The van der Waals surface area contributed by atoms with Gasteiger partial charge in [0.2, 0.25) is 0 Å². The van der Waals surface area contributed by atoms with E-state index < -0.39 is 20.7 Å². The fourth-order valence-corrected chi connectivity index (χ4v) is 3.07. The molecule has 0 bridgehead atoms. The van der Waals surface area contributed by atoms with Crippen molar-refractivity contribution >= 4 is 20.7 Å². The molecular formula is C12H27NO7Si. The van der Waals surface area contributed by atoms with Crippen LogP contribution in [0.2, 0.25) is 6.04 Å². The number of carbonyl (C=O) groups is 2. The van der Waals surface area contributed by atoms with Crippen molar-refractivity contribution < 1.29 is 32.7 Å². The summed E-state index contributed by atoms with van der Waals surface area (Å²) in [5.41, 5.74) is 5.36. The van der Waals surface area contributed by atoms with Crippen LogP contribution < -0.4 is 5.73 Å². The summed E-state index contributed by atoms with van der Waals surface area (Å²) in [7, 11) is 2.50. The van der Waals surface area contributed by atoms with Crippen molar-refractivity contribution in [3.05, 3.63) is 0 Å². The highest BCUT2D eigenvalue weighted by molar-refractivity contribution is 6.60. The summed E-state index contributed by atoms with van der Waals surface area (Å²) in [5, 5.41) is 8.12. The minimum atomic E-state index is -2.32. The number of carboxylic acids is 1. The zero-order valence-electron chi connectivity index (χ0n) is 13.2. The van der Waals surface area contributed by atoms with Crippen LogP contribution in [-0.4, -0.2) is 60.3 Å². The molecule has 0 fully saturated rings. The van der Waals surface area contributed by atoms with Crippen molar-refractivity contribution in [2.75, 3.05) is 34.5 Å². The van der Waals surface area contributed by atoms with Gasteiger partial charge in [0.1, 0.15) is 0 Å². The fourth-order valence-electron chi connectivity index (χ4n) is 1.32. The Labute approximate surface area is 126 Å². The lowest BCUT2D eigenvalue weighted by molar-refractivity contribution is -0.147. The third kappa shape index (κ3) is 12.4. The molecule has 0 aromatic heterocycles. The highest BCUT2D eigenvalue weighted by atomic mass is 28.4. The molecule has 0 atom stereocenters. The number of rotatable bonds is 10. The van der Waals surface area contributed by atoms with Gasteiger partial charge < -0.3 is 28.9 Å². The van der Waals surface area contributed by atoms with Gasteiger partial charge in [-0.1, -0.05) is 0 Å². The molecule has 0 aromatic carbocycles. The summed E-state index contributed by atoms with van der Waals surface area (Å²) in [4.78, 5) is 20.4. The first-order chi connectivity index (χ1) is 9.91. The van der Waals surface area contributed by atoms with Crippen LogP contribution in [0.5, 0.6) is 0 Å². The Morgan fingerprint density at radius 1 is 1.10 bits per heavy atom. The van der Waals surface area contributed by atoms with Crippen LogP contribution in [0.4, 0.5) is 0 Å². The molecule has 0 aliphatic carbocycles. The van der Waals surface area contributed by atoms with Gasteiger partial charge in [-0.05, 0) is 19.9 Å². The standard InChI is InChI=1S/C6H17NO3Si.C6H10O4/c1-8-11(9-2,10-3)6-4-5-7;1-2-10-6(9)4-3-5(7)8/h4-7H2,1-3H3;2-4H2,1H3,(H,7,8). The van der Waals surface area contributed by atoms with E-state index in [1.165, 1.54) is 0 Å². The normalized spacial score (nSPS) is 10.5. The summed E-state index contributed by atoms with van der Waals surface area (Å²) in [6.07, 6.45) is 0.684. The molecule has 0 unspecified atom stereocenters. The van der Waals surface area contributed by atoms with Crippen LogP contribution in [0.25, 0.3) is 0 Å². The number of esters is 1. The molecule has 0 radical (unpaired) electrons. The Balaban J connectivity index is 0. The Morgan fingerprint density at radius 2 is 1.62 bits per heavy atom. The van der Waals surface area contributed by atoms with Crippen LogP contribution in [0.15, 0.2) is 0 Å². The van der Waals surface area contributed by atoms with E-state index in [4.69, 9.17) is 24.1 Å². The number of nitrogens with two attached hydrogens (primary N) is 1. The smallest absolute Gasteiger partial charge is 0.481 e. The lowest BCUT2D eigenvalue weighted by Crippen LogP contribution is -2.42. The zero-order valence-corrected chi connectivity index (χ0v) is 14.2. The maximum absolute atomic E-state index is 10.5. The lowest BCUT2D eigenvalue weighted by Gasteiger charge is -2.23. The molecule has 3 N–H and O–H groups in total. The van der Waals surface area contributed by atoms with Crippen LogP contribution in [-0.2, 0) is 27.6 Å². The van der Waals surface area contributed by atoms with Gasteiger partial charge in [-0.15, -0.1) is 0 Å². The highest BCUT2D eigenvalue weighted by Gasteiger charge is 2.36. The first kappa shape index (κ1) is 22.3. The van der Waals surface area contributed by atoms with E-state index in [-0.39, 0.29) is 12.8 Å². The lowest BCUT2D eigenvalue weighted by atomic mass is 10.3. The predicted molar refractivity (Wildman–Crippen MR) is 78.8 cm³/mol. The number of hydrogen-bond donors (Lipinski definition) is 2. The Bertz CT molecular complexity index is 277. The Kier molecular flexibility index (Phi) is 14.8. The molecule has 0 aromatic rings. The summed E-state index contributed by atoms with van der Waals surface area (Å²) < 4.78 is 20.0. The van der Waals surface area contributed by atoms with Gasteiger partial charge >= 0.3 is 20.7 Å². The van der Waals surface area contributed by atoms with Gasteiger partial charge in [-0.25, -0.2) is 0 Å². The summed E-state index contributed by atoms with van der Waals surface area (Å²) in [6.45, 7) is 2.63. The number of ether oxygens (including phenoxy) is 1. The molecule has 0 rings (SSSR count). The van der Waals surface area contributed by atoms with Crippen LogP contribution >= 0.6 is 0 Å². The second kappa shape index (κ2) is 14.0. The quantitative estimate of drug-likeness (QED) is 0.443. The van der Waals surface area contributed by atoms with Crippen molar-refractivity contribution in [3.8, 4) is 0 Å². The Hall–Kier alpha value is -1.00. The highest BCUT2D eigenvalue weighted by Crippen LogP contribution is 2.13. The SMILES string of the molecule is CCOC(=O)CCC(=O)O.CO[Si](CCCN)(OC)OC. The van der Waals surface area contributed by atoms with Crippen molar-refractivity contribution in [2.45, 2.75) is 32.2 Å². The molecule has 0 aliphatic rings. The molecule has 0 saturated carbocycles. The minimum Gasteiger partial charge on any atom is -0.481 e. The maximum Gasteiger partial charge on any atom is 0.500 e. The van der Waals surface area contributed by atoms with Gasteiger partial charge in [0.05, 0.1) is 19.4 Å². The fraction of sp³-hybridized carbons (Fsp3) is 0.833. The van der Waals surface area contributed by atoms with E-state index in [1.54, 1.807) is 28.3 Å². The topological polar surface area (TPSA) is 117 Å². The van der Waals surface area contributed by atoms with Crippen LogP contribution in [0.3, 0.4) is 0 Å². The van der Waals surface area contributed by atoms with Gasteiger partial charge in [0.25, 0.3) is 0 Å². The van der Waals surface area contributed by atoms with E-state index >= 15 is 0 Å². The van der Waals surface area contributed by atoms with Gasteiger partial charge in [0.15, 0.2) is 0 Å². The van der Waals surface area contributed by atoms with Crippen LogP contribution in [0, 0.1) is 0 Å².